The number of benzene rings is 1. The van der Waals surface area contributed by atoms with Crippen LogP contribution in [0.3, 0.4) is 0 Å². The number of nitrogens with zero attached hydrogens (tertiary/aromatic N) is 2. The third kappa shape index (κ3) is 3.42. The van der Waals surface area contributed by atoms with Gasteiger partial charge >= 0.3 is 0 Å². The molecule has 1 aliphatic rings. The van der Waals surface area contributed by atoms with Crippen LogP contribution in [0.15, 0.2) is 42.5 Å². The van der Waals surface area contributed by atoms with Gasteiger partial charge in [-0.15, -0.1) is 0 Å². The van der Waals surface area contributed by atoms with Crippen LogP contribution in [-0.4, -0.2) is 17.6 Å². The Hall–Kier alpha value is -1.87. The molecule has 3 nitrogen and oxygen atoms in total. The maximum Gasteiger partial charge on any atom is 0.129 e. The predicted octanol–water partition coefficient (Wildman–Crippen LogP) is 3.14. The fourth-order valence-corrected chi connectivity index (χ4v) is 2.74. The van der Waals surface area contributed by atoms with Crippen LogP contribution in [-0.2, 0) is 19.5 Å². The summed E-state index contributed by atoms with van der Waals surface area (Å²) < 4.78 is 0. The minimum Gasteiger partial charge on any atom is -0.352 e. The van der Waals surface area contributed by atoms with Gasteiger partial charge in [0.05, 0.1) is 5.69 Å². The predicted molar refractivity (Wildman–Crippen MR) is 87.4 cm³/mol. The quantitative estimate of drug-likeness (QED) is 0.933. The van der Waals surface area contributed by atoms with Crippen molar-refractivity contribution < 1.29 is 0 Å². The highest BCUT2D eigenvalue weighted by atomic mass is 15.2. The van der Waals surface area contributed by atoms with Gasteiger partial charge in [0.2, 0.25) is 0 Å². The summed E-state index contributed by atoms with van der Waals surface area (Å²) in [5, 5.41) is 3.43. The zero-order chi connectivity index (χ0) is 14.7. The third-order valence-corrected chi connectivity index (χ3v) is 3.94. The second kappa shape index (κ2) is 6.27. The average Bonchev–Trinajstić information content (AvgIpc) is 2.53. The fourth-order valence-electron chi connectivity index (χ4n) is 2.74. The van der Waals surface area contributed by atoms with E-state index in [2.05, 4.69) is 66.5 Å². The van der Waals surface area contributed by atoms with E-state index in [4.69, 9.17) is 4.98 Å². The summed E-state index contributed by atoms with van der Waals surface area (Å²) in [6.45, 7) is 7.15. The number of fused-ring (bicyclic) bond motifs is 1. The lowest BCUT2D eigenvalue weighted by atomic mass is 10.00. The third-order valence-electron chi connectivity index (χ3n) is 3.94. The maximum atomic E-state index is 4.80. The van der Waals surface area contributed by atoms with E-state index in [1.165, 1.54) is 11.1 Å². The lowest BCUT2D eigenvalue weighted by Crippen LogP contribution is -2.31. The molecule has 0 spiro atoms. The minimum atomic E-state index is 0.484. The molecule has 0 saturated carbocycles. The molecule has 2 heterocycles. The summed E-state index contributed by atoms with van der Waals surface area (Å²) in [7, 11) is 0. The molecule has 1 aliphatic heterocycles. The smallest absolute Gasteiger partial charge is 0.129 e. The molecule has 110 valence electrons. The topological polar surface area (TPSA) is 28.2 Å². The van der Waals surface area contributed by atoms with E-state index < -0.39 is 0 Å². The fraction of sp³-hybridized carbons (Fsp3) is 0.389. The molecule has 0 bridgehead atoms. The lowest BCUT2D eigenvalue weighted by Gasteiger charge is -2.30. The van der Waals surface area contributed by atoms with Crippen molar-refractivity contribution in [3.8, 4) is 0 Å². The van der Waals surface area contributed by atoms with Gasteiger partial charge in [0.15, 0.2) is 0 Å². The monoisotopic (exact) mass is 281 g/mol. The van der Waals surface area contributed by atoms with E-state index in [0.717, 1.165) is 37.6 Å². The largest absolute Gasteiger partial charge is 0.352 e. The second-order valence-corrected chi connectivity index (χ2v) is 5.96. The van der Waals surface area contributed by atoms with Crippen LogP contribution in [0.25, 0.3) is 0 Å². The molecule has 0 amide bonds. The summed E-state index contributed by atoms with van der Waals surface area (Å²) >= 11 is 0. The normalized spacial score (nSPS) is 14.3. The first-order chi connectivity index (χ1) is 10.2. The molecule has 0 radical (unpaired) electrons. The van der Waals surface area contributed by atoms with Crippen LogP contribution in [0.1, 0.15) is 30.7 Å². The molecule has 3 rings (SSSR count). The highest BCUT2D eigenvalue weighted by molar-refractivity contribution is 5.44. The minimum absolute atomic E-state index is 0.484. The number of nitrogens with one attached hydrogen (secondary N) is 1. The molecule has 1 aromatic heterocycles. The Kier molecular flexibility index (Phi) is 4.20. The second-order valence-electron chi connectivity index (χ2n) is 5.96. The number of pyridine rings is 1. The summed E-state index contributed by atoms with van der Waals surface area (Å²) in [5.74, 6) is 1.09. The zero-order valence-electron chi connectivity index (χ0n) is 12.8. The van der Waals surface area contributed by atoms with Crippen LogP contribution in [0.5, 0.6) is 0 Å². The van der Waals surface area contributed by atoms with Crippen molar-refractivity contribution in [1.29, 1.82) is 0 Å². The van der Waals surface area contributed by atoms with Crippen LogP contribution < -0.4 is 10.2 Å². The van der Waals surface area contributed by atoms with Crippen molar-refractivity contribution in [2.45, 2.75) is 39.4 Å². The number of anilines is 1. The number of rotatable bonds is 4. The molecule has 0 fully saturated rings. The molecule has 3 heteroatoms. The number of aromatic nitrogens is 1. The number of hydrogen-bond donors (Lipinski definition) is 1. The van der Waals surface area contributed by atoms with Gasteiger partial charge in [-0.1, -0.05) is 44.2 Å². The van der Waals surface area contributed by atoms with Crippen LogP contribution >= 0.6 is 0 Å². The van der Waals surface area contributed by atoms with Gasteiger partial charge in [0.1, 0.15) is 5.82 Å². The van der Waals surface area contributed by atoms with Gasteiger partial charge in [-0.2, -0.15) is 0 Å². The van der Waals surface area contributed by atoms with Crippen molar-refractivity contribution in [1.82, 2.24) is 10.3 Å². The van der Waals surface area contributed by atoms with Gasteiger partial charge in [0, 0.05) is 25.7 Å². The van der Waals surface area contributed by atoms with E-state index in [1.54, 1.807) is 0 Å². The molecule has 0 unspecified atom stereocenters. The molecule has 0 aliphatic carbocycles. The van der Waals surface area contributed by atoms with Crippen molar-refractivity contribution in [3.05, 3.63) is 59.3 Å². The highest BCUT2D eigenvalue weighted by Crippen LogP contribution is 2.23. The highest BCUT2D eigenvalue weighted by Gasteiger charge is 2.16. The Balaban J connectivity index is 1.74. The molecule has 1 aromatic carbocycles. The zero-order valence-corrected chi connectivity index (χ0v) is 12.8. The Bertz CT molecular complexity index is 607. The lowest BCUT2D eigenvalue weighted by molar-refractivity contribution is 0.580. The van der Waals surface area contributed by atoms with Crippen molar-refractivity contribution in [3.63, 3.8) is 0 Å². The van der Waals surface area contributed by atoms with Gasteiger partial charge in [-0.05, 0) is 29.7 Å². The standard InChI is InChI=1S/C18H23N3/c1-14(2)19-12-17-8-5-9-18(20-17)21-11-10-15-6-3-4-7-16(15)13-21/h3-9,14,19H,10-13H2,1-2H3. The van der Waals surface area contributed by atoms with E-state index in [-0.39, 0.29) is 0 Å². The van der Waals surface area contributed by atoms with Crippen LogP contribution in [0.4, 0.5) is 5.82 Å². The van der Waals surface area contributed by atoms with Gasteiger partial charge in [-0.25, -0.2) is 4.98 Å². The Morgan fingerprint density at radius 3 is 2.71 bits per heavy atom. The molecule has 2 aromatic rings. The van der Waals surface area contributed by atoms with E-state index in [0.29, 0.717) is 6.04 Å². The molecule has 0 saturated heterocycles. The average molecular weight is 281 g/mol. The molecular weight excluding hydrogens is 258 g/mol. The van der Waals surface area contributed by atoms with E-state index in [1.807, 2.05) is 0 Å². The Labute approximate surface area is 127 Å². The van der Waals surface area contributed by atoms with E-state index in [9.17, 15) is 0 Å². The SMILES string of the molecule is CC(C)NCc1cccc(N2CCc3ccccc3C2)n1. The molecule has 21 heavy (non-hydrogen) atoms. The molecule has 1 N–H and O–H groups in total. The van der Waals surface area contributed by atoms with Crippen LogP contribution in [0, 0.1) is 0 Å². The summed E-state index contributed by atoms with van der Waals surface area (Å²) in [6.07, 6.45) is 1.10. The first kappa shape index (κ1) is 14.1. The van der Waals surface area contributed by atoms with Crippen molar-refractivity contribution in [2.75, 3.05) is 11.4 Å². The molecule has 0 atom stereocenters. The van der Waals surface area contributed by atoms with E-state index >= 15 is 0 Å². The van der Waals surface area contributed by atoms with Crippen molar-refractivity contribution >= 4 is 5.82 Å². The maximum absolute atomic E-state index is 4.80. The van der Waals surface area contributed by atoms with Gasteiger partial charge in [-0.3, -0.25) is 0 Å². The number of hydrogen-bond acceptors (Lipinski definition) is 3. The van der Waals surface area contributed by atoms with Crippen molar-refractivity contribution in [2.24, 2.45) is 0 Å². The first-order valence-electron chi connectivity index (χ1n) is 7.73. The first-order valence-corrected chi connectivity index (χ1v) is 7.73. The van der Waals surface area contributed by atoms with Gasteiger partial charge < -0.3 is 10.2 Å². The summed E-state index contributed by atoms with van der Waals surface area (Å²) in [5.41, 5.74) is 4.02. The Morgan fingerprint density at radius 1 is 1.10 bits per heavy atom. The molecular formula is C18H23N3. The van der Waals surface area contributed by atoms with Gasteiger partial charge in [0.25, 0.3) is 0 Å². The summed E-state index contributed by atoms with van der Waals surface area (Å²) in [6, 6.07) is 15.5. The van der Waals surface area contributed by atoms with Crippen LogP contribution in [0.2, 0.25) is 0 Å². The Morgan fingerprint density at radius 2 is 1.90 bits per heavy atom. The summed E-state index contributed by atoms with van der Waals surface area (Å²) in [4.78, 5) is 7.18.